The van der Waals surface area contributed by atoms with Crippen molar-refractivity contribution in [3.8, 4) is 0 Å². The van der Waals surface area contributed by atoms with Crippen LogP contribution in [0.15, 0.2) is 0 Å². The second-order valence-electron chi connectivity index (χ2n) is 3.37. The molecule has 0 aliphatic rings. The number of halogens is 1. The van der Waals surface area contributed by atoms with Gasteiger partial charge in [-0.15, -0.1) is 0 Å². The molecule has 0 radical (unpaired) electrons. The smallest absolute Gasteiger partial charge is 0.143 e. The summed E-state index contributed by atoms with van der Waals surface area (Å²) in [5.74, 6) is 0.386. The molecule has 66 valence electrons. The molecule has 0 saturated carbocycles. The summed E-state index contributed by atoms with van der Waals surface area (Å²) in [4.78, 5) is 11.1. The van der Waals surface area contributed by atoms with Crippen molar-refractivity contribution in [2.75, 3.05) is 4.43 Å². The minimum Gasteiger partial charge on any atom is -0.299 e. The van der Waals surface area contributed by atoms with Crippen LogP contribution in [-0.4, -0.2) is 10.2 Å². The van der Waals surface area contributed by atoms with Crippen LogP contribution in [0.1, 0.15) is 40.0 Å². The normalized spacial score (nSPS) is 11.6. The molecule has 0 aromatic carbocycles. The molecule has 0 unspecified atom stereocenters. The number of carbonyl (C=O) groups excluding carboxylic acids is 1. The fourth-order valence-electron chi connectivity index (χ4n) is 1.02. The molecule has 0 heterocycles. The largest absolute Gasteiger partial charge is 0.299 e. The van der Waals surface area contributed by atoms with Gasteiger partial charge in [0.05, 0.1) is 4.43 Å². The second kappa shape index (κ2) is 5.12. The Bertz CT molecular complexity index is 128. The van der Waals surface area contributed by atoms with Crippen LogP contribution < -0.4 is 0 Å². The van der Waals surface area contributed by atoms with Gasteiger partial charge in [-0.2, -0.15) is 0 Å². The van der Waals surface area contributed by atoms with Crippen LogP contribution >= 0.6 is 22.6 Å². The standard InChI is InChI=1S/C9H17IO/c1-4-9(3,5-2)6-8(11)7-10/h4-7H2,1-3H3. The summed E-state index contributed by atoms with van der Waals surface area (Å²) in [7, 11) is 0. The molecule has 0 spiro atoms. The van der Waals surface area contributed by atoms with Crippen molar-refractivity contribution in [1.29, 1.82) is 0 Å². The molecule has 0 aromatic rings. The van der Waals surface area contributed by atoms with Crippen LogP contribution in [0, 0.1) is 5.41 Å². The van der Waals surface area contributed by atoms with Gasteiger partial charge < -0.3 is 0 Å². The van der Waals surface area contributed by atoms with Crippen LogP contribution in [0.5, 0.6) is 0 Å². The Balaban J connectivity index is 3.96. The van der Waals surface area contributed by atoms with Crippen molar-refractivity contribution in [3.05, 3.63) is 0 Å². The van der Waals surface area contributed by atoms with Crippen molar-refractivity contribution in [2.45, 2.75) is 40.0 Å². The Kier molecular flexibility index (Phi) is 5.30. The Morgan fingerprint density at radius 2 is 1.82 bits per heavy atom. The van der Waals surface area contributed by atoms with Gasteiger partial charge in [-0.3, -0.25) is 4.79 Å². The fourth-order valence-corrected chi connectivity index (χ4v) is 1.29. The summed E-state index contributed by atoms with van der Waals surface area (Å²) in [6, 6.07) is 0. The van der Waals surface area contributed by atoms with Crippen LogP contribution in [0.3, 0.4) is 0 Å². The molecule has 0 aromatic heterocycles. The molecule has 0 saturated heterocycles. The number of hydrogen-bond acceptors (Lipinski definition) is 1. The molecule has 0 atom stereocenters. The highest BCUT2D eigenvalue weighted by atomic mass is 127. The lowest BCUT2D eigenvalue weighted by Crippen LogP contribution is -2.19. The van der Waals surface area contributed by atoms with Gasteiger partial charge in [0, 0.05) is 6.42 Å². The average molecular weight is 268 g/mol. The number of Topliss-reactive ketones (excluding diaryl/α,β-unsaturated/α-hetero) is 1. The number of alkyl halides is 1. The van der Waals surface area contributed by atoms with E-state index in [1.165, 1.54) is 0 Å². The van der Waals surface area contributed by atoms with E-state index in [2.05, 4.69) is 43.4 Å². The molecule has 0 aliphatic carbocycles. The summed E-state index contributed by atoms with van der Waals surface area (Å²) in [6.07, 6.45) is 2.96. The lowest BCUT2D eigenvalue weighted by atomic mass is 9.80. The van der Waals surface area contributed by atoms with E-state index in [-0.39, 0.29) is 5.41 Å². The number of hydrogen-bond donors (Lipinski definition) is 0. The van der Waals surface area contributed by atoms with Crippen LogP contribution in [0.4, 0.5) is 0 Å². The molecular weight excluding hydrogens is 251 g/mol. The number of ketones is 1. The van der Waals surface area contributed by atoms with Crippen molar-refractivity contribution in [3.63, 3.8) is 0 Å². The zero-order valence-corrected chi connectivity index (χ0v) is 9.77. The monoisotopic (exact) mass is 268 g/mol. The third-order valence-corrected chi connectivity index (χ3v) is 3.33. The zero-order chi connectivity index (χ0) is 8.91. The maximum atomic E-state index is 11.1. The predicted molar refractivity (Wildman–Crippen MR) is 57.2 cm³/mol. The molecule has 1 nitrogen and oxygen atoms in total. The van der Waals surface area contributed by atoms with E-state index in [1.54, 1.807) is 0 Å². The van der Waals surface area contributed by atoms with Crippen LogP contribution in [0.2, 0.25) is 0 Å². The molecule has 11 heavy (non-hydrogen) atoms. The summed E-state index contributed by atoms with van der Waals surface area (Å²) < 4.78 is 0.660. The molecular formula is C9H17IO. The van der Waals surface area contributed by atoms with Crippen molar-refractivity contribution in [2.24, 2.45) is 5.41 Å². The highest BCUT2D eigenvalue weighted by Gasteiger charge is 2.22. The number of carbonyl (C=O) groups is 1. The molecule has 0 bridgehead atoms. The Hall–Kier alpha value is 0.400. The van der Waals surface area contributed by atoms with Gasteiger partial charge in [-0.05, 0) is 5.41 Å². The molecule has 0 N–H and O–H groups in total. The van der Waals surface area contributed by atoms with Crippen LogP contribution in [-0.2, 0) is 4.79 Å². The van der Waals surface area contributed by atoms with Gasteiger partial charge in [0.2, 0.25) is 0 Å². The maximum absolute atomic E-state index is 11.1. The number of rotatable bonds is 5. The first-order chi connectivity index (χ1) is 5.08. The first-order valence-electron chi connectivity index (χ1n) is 4.15. The average Bonchev–Trinajstić information content (AvgIpc) is 2.04. The molecule has 0 aliphatic heterocycles. The minimum atomic E-state index is 0.252. The molecule has 2 heteroatoms. The van der Waals surface area contributed by atoms with E-state index in [1.807, 2.05) is 0 Å². The molecule has 0 fully saturated rings. The van der Waals surface area contributed by atoms with Gasteiger partial charge in [0.15, 0.2) is 0 Å². The maximum Gasteiger partial charge on any atom is 0.143 e. The summed E-state index contributed by atoms with van der Waals surface area (Å²) >= 11 is 2.14. The Morgan fingerprint density at radius 3 is 2.09 bits per heavy atom. The fraction of sp³-hybridized carbons (Fsp3) is 0.889. The predicted octanol–water partition coefficient (Wildman–Crippen LogP) is 3.21. The summed E-state index contributed by atoms with van der Waals surface area (Å²) in [5, 5.41) is 0. The van der Waals surface area contributed by atoms with Crippen molar-refractivity contribution in [1.82, 2.24) is 0 Å². The quantitative estimate of drug-likeness (QED) is 0.552. The minimum absolute atomic E-state index is 0.252. The van der Waals surface area contributed by atoms with E-state index in [9.17, 15) is 4.79 Å². The Labute approximate surface area is 83.1 Å². The Morgan fingerprint density at radius 1 is 1.36 bits per heavy atom. The van der Waals surface area contributed by atoms with Crippen molar-refractivity contribution < 1.29 is 4.79 Å². The third-order valence-electron chi connectivity index (χ3n) is 2.48. The van der Waals surface area contributed by atoms with Gasteiger partial charge in [0.1, 0.15) is 5.78 Å². The SMILES string of the molecule is CCC(C)(CC)CC(=O)CI. The third kappa shape index (κ3) is 4.09. The highest BCUT2D eigenvalue weighted by molar-refractivity contribution is 14.1. The van der Waals surface area contributed by atoms with Gasteiger partial charge in [-0.25, -0.2) is 0 Å². The van der Waals surface area contributed by atoms with E-state index >= 15 is 0 Å². The van der Waals surface area contributed by atoms with E-state index in [4.69, 9.17) is 0 Å². The van der Waals surface area contributed by atoms with E-state index < -0.39 is 0 Å². The van der Waals surface area contributed by atoms with Crippen LogP contribution in [0.25, 0.3) is 0 Å². The zero-order valence-electron chi connectivity index (χ0n) is 7.61. The lowest BCUT2D eigenvalue weighted by Gasteiger charge is -2.25. The van der Waals surface area contributed by atoms with Crippen molar-refractivity contribution >= 4 is 28.4 Å². The first-order valence-corrected chi connectivity index (χ1v) is 5.68. The van der Waals surface area contributed by atoms with E-state index in [0.717, 1.165) is 19.3 Å². The topological polar surface area (TPSA) is 17.1 Å². The van der Waals surface area contributed by atoms with E-state index in [0.29, 0.717) is 10.2 Å². The molecule has 0 amide bonds. The van der Waals surface area contributed by atoms with Gasteiger partial charge in [0.25, 0.3) is 0 Å². The van der Waals surface area contributed by atoms with Gasteiger partial charge in [-0.1, -0.05) is 56.2 Å². The lowest BCUT2D eigenvalue weighted by molar-refractivity contribution is -0.118. The highest BCUT2D eigenvalue weighted by Crippen LogP contribution is 2.29. The summed E-state index contributed by atoms with van der Waals surface area (Å²) in [6.45, 7) is 6.51. The van der Waals surface area contributed by atoms with Gasteiger partial charge >= 0.3 is 0 Å². The molecule has 0 rings (SSSR count). The first kappa shape index (κ1) is 11.4. The summed E-state index contributed by atoms with van der Waals surface area (Å²) in [5.41, 5.74) is 0.252. The second-order valence-corrected chi connectivity index (χ2v) is 4.13.